The van der Waals surface area contributed by atoms with Gasteiger partial charge in [0.1, 0.15) is 10.9 Å². The van der Waals surface area contributed by atoms with Crippen LogP contribution in [0.2, 0.25) is 0 Å². The van der Waals surface area contributed by atoms with Crippen molar-refractivity contribution in [2.75, 3.05) is 19.9 Å². The number of aliphatic hydroxyl groups excluding tert-OH is 1. The van der Waals surface area contributed by atoms with Gasteiger partial charge in [-0.15, -0.1) is 0 Å². The summed E-state index contributed by atoms with van der Waals surface area (Å²) in [4.78, 5) is 18.7. The van der Waals surface area contributed by atoms with Gasteiger partial charge < -0.3 is 14.6 Å². The number of amides is 1. The van der Waals surface area contributed by atoms with Crippen LogP contribution in [0, 0.1) is 0 Å². The van der Waals surface area contributed by atoms with Crippen LogP contribution < -0.4 is 4.74 Å². The maximum absolute atomic E-state index is 13.4. The van der Waals surface area contributed by atoms with Crippen LogP contribution in [0.1, 0.15) is 29.3 Å². The van der Waals surface area contributed by atoms with Crippen molar-refractivity contribution in [3.05, 3.63) is 64.3 Å². The van der Waals surface area contributed by atoms with Gasteiger partial charge >= 0.3 is 0 Å². The molecule has 2 heterocycles. The van der Waals surface area contributed by atoms with Crippen molar-refractivity contribution >= 4 is 35.0 Å². The van der Waals surface area contributed by atoms with Gasteiger partial charge in [0.05, 0.1) is 24.3 Å². The van der Waals surface area contributed by atoms with Crippen LogP contribution in [0.3, 0.4) is 0 Å². The number of halogens is 1. The number of benzene rings is 2. The zero-order valence-corrected chi connectivity index (χ0v) is 18.1. The lowest BCUT2D eigenvalue weighted by Crippen LogP contribution is -2.54. The molecule has 0 radical (unpaired) electrons. The highest BCUT2D eigenvalue weighted by molar-refractivity contribution is 6.29. The van der Waals surface area contributed by atoms with Crippen molar-refractivity contribution in [2.45, 2.75) is 31.9 Å². The number of ether oxygens (including phenoxy) is 2. The fraction of sp³-hybridized carbons (Fsp3) is 0.333. The Morgan fingerprint density at radius 1 is 1.35 bits per heavy atom. The summed E-state index contributed by atoms with van der Waals surface area (Å²) in [6, 6.07) is 9.40. The molecule has 2 aliphatic rings. The quantitative estimate of drug-likeness (QED) is 0.432. The minimum atomic E-state index is -0.622. The number of fused-ring (bicyclic) bond motifs is 3. The van der Waals surface area contributed by atoms with E-state index in [0.717, 1.165) is 21.9 Å². The Morgan fingerprint density at radius 2 is 2.13 bits per heavy atom. The second-order valence-corrected chi connectivity index (χ2v) is 8.23. The molecule has 2 atom stereocenters. The van der Waals surface area contributed by atoms with Crippen molar-refractivity contribution in [1.29, 1.82) is 0 Å². The lowest BCUT2D eigenvalue weighted by Gasteiger charge is -2.39. The van der Waals surface area contributed by atoms with E-state index in [2.05, 4.69) is 11.7 Å². The summed E-state index contributed by atoms with van der Waals surface area (Å²) < 4.78 is 11.6. The minimum absolute atomic E-state index is 0.0943. The molecule has 1 N–H and O–H groups in total. The Balaban J connectivity index is 1.73. The summed E-state index contributed by atoms with van der Waals surface area (Å²) in [5.41, 5.74) is 2.58. The van der Waals surface area contributed by atoms with Crippen LogP contribution >= 0.6 is 11.6 Å². The zero-order valence-electron chi connectivity index (χ0n) is 17.4. The molecule has 4 rings (SSSR count). The van der Waals surface area contributed by atoms with E-state index in [0.29, 0.717) is 42.5 Å². The van der Waals surface area contributed by atoms with Gasteiger partial charge in [0.2, 0.25) is 0 Å². The first-order valence-electron chi connectivity index (χ1n) is 10.2. The molecule has 0 saturated carbocycles. The highest BCUT2D eigenvalue weighted by Gasteiger charge is 2.37. The molecule has 0 aliphatic carbocycles. The number of nitrogens with zero attached hydrogens (tertiary/aromatic N) is 2. The third kappa shape index (κ3) is 4.37. The first-order chi connectivity index (χ1) is 15.0. The Hall–Kier alpha value is -2.67. The Morgan fingerprint density at radius 3 is 2.87 bits per heavy atom. The molecule has 0 unspecified atom stereocenters. The number of allylic oxidation sites excluding steroid dienone is 3. The smallest absolute Gasteiger partial charge is 0.260 e. The summed E-state index contributed by atoms with van der Waals surface area (Å²) in [5, 5.41) is 12.6. The second kappa shape index (κ2) is 9.22. The first kappa shape index (κ1) is 21.6. The molecule has 1 fully saturated rings. The second-order valence-electron chi connectivity index (χ2n) is 7.84. The minimum Gasteiger partial charge on any atom is -0.472 e. The van der Waals surface area contributed by atoms with Crippen molar-refractivity contribution in [3.8, 4) is 5.75 Å². The number of aliphatic hydroxyl groups is 1. The number of carbonyl (C=O) groups is 1. The van der Waals surface area contributed by atoms with Crippen LogP contribution in [-0.4, -0.2) is 54.7 Å². The normalized spacial score (nSPS) is 22.3. The standard InChI is InChI=1S/C24H25ClN2O4/c1-15(7-8-22(25)26-2)11-16-12-19-23(18-6-4-3-5-17(16)18)31-14-27(24(19)29)20-13-30-10-9-21(20)28/h3-8,12,20-21,28H,2,9-11,13-14H2,1H3/b15-7+,22-8-/t20-,21-/m0/s1. The van der Waals surface area contributed by atoms with E-state index in [-0.39, 0.29) is 12.6 Å². The maximum Gasteiger partial charge on any atom is 0.260 e. The molecule has 0 bridgehead atoms. The van der Waals surface area contributed by atoms with Crippen LogP contribution in [0.15, 0.2) is 58.2 Å². The average molecular weight is 441 g/mol. The predicted octanol–water partition coefficient (Wildman–Crippen LogP) is 4.05. The van der Waals surface area contributed by atoms with Gasteiger partial charge in [0, 0.05) is 12.0 Å². The average Bonchev–Trinajstić information content (AvgIpc) is 2.79. The van der Waals surface area contributed by atoms with E-state index in [9.17, 15) is 9.90 Å². The van der Waals surface area contributed by atoms with E-state index >= 15 is 0 Å². The summed E-state index contributed by atoms with van der Waals surface area (Å²) in [5.74, 6) is 0.440. The monoisotopic (exact) mass is 440 g/mol. The van der Waals surface area contributed by atoms with Crippen molar-refractivity contribution in [3.63, 3.8) is 0 Å². The molecule has 2 aromatic rings. The third-order valence-corrected chi connectivity index (χ3v) is 5.98. The molecular formula is C24H25ClN2O4. The van der Waals surface area contributed by atoms with Crippen molar-refractivity contribution in [2.24, 2.45) is 4.99 Å². The lowest BCUT2D eigenvalue weighted by atomic mass is 9.93. The van der Waals surface area contributed by atoms with Gasteiger partial charge in [0.15, 0.2) is 6.73 Å². The van der Waals surface area contributed by atoms with Crippen LogP contribution in [0.25, 0.3) is 10.8 Å². The van der Waals surface area contributed by atoms with Gasteiger partial charge in [-0.1, -0.05) is 47.5 Å². The summed E-state index contributed by atoms with van der Waals surface area (Å²) in [7, 11) is 0. The molecule has 7 heteroatoms. The SMILES string of the molecule is C=N/C(Cl)=C\C=C(/C)Cc1cc2c(c3ccccc13)OCN([C@H]1COCC[C@@H]1O)C2=O. The number of aliphatic imine (C=N–C) groups is 1. The Kier molecular flexibility index (Phi) is 6.41. The molecule has 2 aromatic carbocycles. The molecular weight excluding hydrogens is 416 g/mol. The van der Waals surface area contributed by atoms with Gasteiger partial charge in [-0.05, 0) is 49.6 Å². The van der Waals surface area contributed by atoms with E-state index in [4.69, 9.17) is 21.1 Å². The maximum atomic E-state index is 13.4. The lowest BCUT2D eigenvalue weighted by molar-refractivity contribution is -0.0694. The molecule has 1 saturated heterocycles. The topological polar surface area (TPSA) is 71.4 Å². The Labute approximate surface area is 186 Å². The molecule has 0 aromatic heterocycles. The summed E-state index contributed by atoms with van der Waals surface area (Å²) in [6.45, 7) is 6.30. The van der Waals surface area contributed by atoms with Crippen LogP contribution in [-0.2, 0) is 11.2 Å². The molecule has 31 heavy (non-hydrogen) atoms. The fourth-order valence-corrected chi connectivity index (χ4v) is 4.17. The van der Waals surface area contributed by atoms with E-state index in [1.54, 1.807) is 11.0 Å². The first-order valence-corrected chi connectivity index (χ1v) is 10.6. The third-order valence-electron chi connectivity index (χ3n) is 5.74. The zero-order chi connectivity index (χ0) is 22.0. The number of carbonyl (C=O) groups excluding carboxylic acids is 1. The van der Waals surface area contributed by atoms with E-state index in [1.165, 1.54) is 0 Å². The molecule has 1 amide bonds. The Bertz CT molecular complexity index is 1080. The van der Waals surface area contributed by atoms with Gasteiger partial charge in [0.25, 0.3) is 5.91 Å². The summed E-state index contributed by atoms with van der Waals surface area (Å²) >= 11 is 5.91. The van der Waals surface area contributed by atoms with Crippen molar-refractivity contribution in [1.82, 2.24) is 4.90 Å². The molecule has 6 nitrogen and oxygen atoms in total. The van der Waals surface area contributed by atoms with E-state index < -0.39 is 12.1 Å². The number of rotatable bonds is 5. The number of hydrogen-bond acceptors (Lipinski definition) is 5. The van der Waals surface area contributed by atoms with Gasteiger partial charge in [-0.2, -0.15) is 0 Å². The highest BCUT2D eigenvalue weighted by atomic mass is 35.5. The van der Waals surface area contributed by atoms with Gasteiger partial charge in [-0.3, -0.25) is 14.7 Å². The molecule has 2 aliphatic heterocycles. The van der Waals surface area contributed by atoms with Gasteiger partial charge in [-0.25, -0.2) is 0 Å². The largest absolute Gasteiger partial charge is 0.472 e. The number of hydrogen-bond donors (Lipinski definition) is 1. The molecule has 162 valence electrons. The molecule has 0 spiro atoms. The fourth-order valence-electron chi connectivity index (χ4n) is 4.11. The van der Waals surface area contributed by atoms with Crippen LogP contribution in [0.5, 0.6) is 5.75 Å². The van der Waals surface area contributed by atoms with Crippen molar-refractivity contribution < 1.29 is 19.4 Å². The summed E-state index contributed by atoms with van der Waals surface area (Å²) in [6.07, 6.45) is 4.11. The highest BCUT2D eigenvalue weighted by Crippen LogP contribution is 2.37. The predicted molar refractivity (Wildman–Crippen MR) is 122 cm³/mol. The van der Waals surface area contributed by atoms with Crippen LogP contribution in [0.4, 0.5) is 0 Å². The van der Waals surface area contributed by atoms with E-state index in [1.807, 2.05) is 43.3 Å².